The van der Waals surface area contributed by atoms with Gasteiger partial charge in [0.2, 0.25) is 10.0 Å². The Morgan fingerprint density at radius 2 is 1.95 bits per heavy atom. The van der Waals surface area contributed by atoms with Crippen molar-refractivity contribution >= 4 is 15.8 Å². The first-order chi connectivity index (χ1) is 9.03. The molecule has 2 rings (SSSR count). The summed E-state index contributed by atoms with van der Waals surface area (Å²) in [5, 5.41) is 4.05. The molecule has 0 spiro atoms. The lowest BCUT2D eigenvalue weighted by molar-refractivity contribution is 0.581. The summed E-state index contributed by atoms with van der Waals surface area (Å²) in [4.78, 5) is 0.241. The number of nitrogen functional groups attached to an aromatic ring is 1. The maximum atomic E-state index is 11.9. The minimum atomic E-state index is -3.42. The Kier molecular flexibility index (Phi) is 3.87. The lowest BCUT2D eigenvalue weighted by Gasteiger charge is -2.06. The molecule has 7 heteroatoms. The van der Waals surface area contributed by atoms with Crippen molar-refractivity contribution in [3.05, 3.63) is 36.5 Å². The van der Waals surface area contributed by atoms with E-state index in [0.29, 0.717) is 12.4 Å². The number of hydrogen-bond acceptors (Lipinski definition) is 4. The molecule has 19 heavy (non-hydrogen) atoms. The van der Waals surface area contributed by atoms with Gasteiger partial charge in [-0.1, -0.05) is 6.92 Å². The van der Waals surface area contributed by atoms with Gasteiger partial charge < -0.3 is 5.73 Å². The molecule has 1 aromatic carbocycles. The topological polar surface area (TPSA) is 90.0 Å². The van der Waals surface area contributed by atoms with Crippen molar-refractivity contribution in [2.45, 2.75) is 18.2 Å². The summed E-state index contributed by atoms with van der Waals surface area (Å²) in [6.07, 6.45) is 2.47. The van der Waals surface area contributed by atoms with Crippen LogP contribution in [0.4, 0.5) is 5.82 Å². The molecule has 0 atom stereocenters. The Balaban J connectivity index is 2.23. The van der Waals surface area contributed by atoms with Crippen molar-refractivity contribution in [3.63, 3.8) is 0 Å². The highest BCUT2D eigenvalue weighted by Gasteiger charge is 2.12. The van der Waals surface area contributed by atoms with Gasteiger partial charge >= 0.3 is 0 Å². The van der Waals surface area contributed by atoms with Gasteiger partial charge in [-0.2, -0.15) is 5.10 Å². The standard InChI is InChI=1S/C12H16N4O2S/c1-2-8-14-19(17,18)11-5-3-10(4-6-11)16-9-7-12(13)15-16/h3-7,9,14H,2,8H2,1H3,(H2,13,15). The van der Waals surface area contributed by atoms with Crippen LogP contribution in [0, 0.1) is 0 Å². The predicted molar refractivity (Wildman–Crippen MR) is 73.5 cm³/mol. The van der Waals surface area contributed by atoms with Crippen LogP contribution in [0.2, 0.25) is 0 Å². The number of hydrogen-bond donors (Lipinski definition) is 2. The average Bonchev–Trinajstić information content (AvgIpc) is 2.83. The number of nitrogens with two attached hydrogens (primary N) is 1. The zero-order valence-corrected chi connectivity index (χ0v) is 11.4. The monoisotopic (exact) mass is 280 g/mol. The summed E-state index contributed by atoms with van der Waals surface area (Å²) in [5.74, 6) is 0.418. The first-order valence-corrected chi connectivity index (χ1v) is 7.42. The number of nitrogens with one attached hydrogen (secondary N) is 1. The van der Waals surface area contributed by atoms with Crippen molar-refractivity contribution in [1.82, 2.24) is 14.5 Å². The molecule has 0 saturated heterocycles. The molecule has 1 aromatic heterocycles. The van der Waals surface area contributed by atoms with Crippen molar-refractivity contribution in [2.75, 3.05) is 12.3 Å². The zero-order chi connectivity index (χ0) is 13.9. The van der Waals surface area contributed by atoms with Gasteiger partial charge in [0, 0.05) is 18.8 Å². The number of rotatable bonds is 5. The van der Waals surface area contributed by atoms with E-state index in [9.17, 15) is 8.42 Å². The van der Waals surface area contributed by atoms with Crippen LogP contribution >= 0.6 is 0 Å². The summed E-state index contributed by atoms with van der Waals surface area (Å²) in [5.41, 5.74) is 6.29. The molecular formula is C12H16N4O2S. The summed E-state index contributed by atoms with van der Waals surface area (Å²) in [6.45, 7) is 2.34. The second kappa shape index (κ2) is 5.41. The third-order valence-corrected chi connectivity index (χ3v) is 4.04. The first-order valence-electron chi connectivity index (χ1n) is 5.94. The maximum Gasteiger partial charge on any atom is 0.240 e. The lowest BCUT2D eigenvalue weighted by atomic mass is 10.3. The molecule has 1 heterocycles. The first kappa shape index (κ1) is 13.6. The Morgan fingerprint density at radius 1 is 1.26 bits per heavy atom. The van der Waals surface area contributed by atoms with Gasteiger partial charge in [-0.15, -0.1) is 0 Å². The van der Waals surface area contributed by atoms with Crippen LogP contribution < -0.4 is 10.5 Å². The second-order valence-corrected chi connectivity index (χ2v) is 5.84. The molecule has 0 saturated carbocycles. The highest BCUT2D eigenvalue weighted by molar-refractivity contribution is 7.89. The van der Waals surface area contributed by atoms with Crippen LogP contribution in [-0.4, -0.2) is 24.7 Å². The third kappa shape index (κ3) is 3.12. The van der Waals surface area contributed by atoms with E-state index in [1.807, 2.05) is 6.92 Å². The SMILES string of the molecule is CCCNS(=O)(=O)c1ccc(-n2ccc(N)n2)cc1. The summed E-state index contributed by atoms with van der Waals surface area (Å²) < 4.78 is 27.9. The van der Waals surface area contributed by atoms with E-state index >= 15 is 0 Å². The van der Waals surface area contributed by atoms with Gasteiger partial charge in [-0.05, 0) is 30.7 Å². The number of aromatic nitrogens is 2. The van der Waals surface area contributed by atoms with E-state index < -0.39 is 10.0 Å². The van der Waals surface area contributed by atoms with Crippen LogP contribution in [-0.2, 0) is 10.0 Å². The molecule has 0 radical (unpaired) electrons. The lowest BCUT2D eigenvalue weighted by Crippen LogP contribution is -2.24. The third-order valence-electron chi connectivity index (χ3n) is 2.56. The molecule has 0 unspecified atom stereocenters. The van der Waals surface area contributed by atoms with E-state index in [2.05, 4.69) is 9.82 Å². The van der Waals surface area contributed by atoms with Crippen molar-refractivity contribution in [3.8, 4) is 5.69 Å². The fourth-order valence-corrected chi connectivity index (χ4v) is 2.71. The van der Waals surface area contributed by atoms with E-state index in [0.717, 1.165) is 12.1 Å². The quantitative estimate of drug-likeness (QED) is 0.859. The smallest absolute Gasteiger partial charge is 0.240 e. The summed E-state index contributed by atoms with van der Waals surface area (Å²) in [6, 6.07) is 8.14. The van der Waals surface area contributed by atoms with Gasteiger partial charge in [0.15, 0.2) is 0 Å². The average molecular weight is 280 g/mol. The molecule has 6 nitrogen and oxygen atoms in total. The van der Waals surface area contributed by atoms with Crippen LogP contribution in [0.15, 0.2) is 41.4 Å². The summed E-state index contributed by atoms with van der Waals surface area (Å²) in [7, 11) is -3.42. The van der Waals surface area contributed by atoms with Crippen molar-refractivity contribution in [2.24, 2.45) is 0 Å². The van der Waals surface area contributed by atoms with Crippen molar-refractivity contribution in [1.29, 1.82) is 0 Å². The number of benzene rings is 1. The maximum absolute atomic E-state index is 11.9. The molecular weight excluding hydrogens is 264 g/mol. The van der Waals surface area contributed by atoms with E-state index in [-0.39, 0.29) is 4.90 Å². The van der Waals surface area contributed by atoms with E-state index in [4.69, 9.17) is 5.73 Å². The normalized spacial score (nSPS) is 11.6. The predicted octanol–water partition coefficient (Wildman–Crippen LogP) is 1.14. The molecule has 0 fully saturated rings. The van der Waals surface area contributed by atoms with Crippen LogP contribution in [0.25, 0.3) is 5.69 Å². The Morgan fingerprint density at radius 3 is 2.47 bits per heavy atom. The van der Waals surface area contributed by atoms with Gasteiger partial charge in [0.05, 0.1) is 10.6 Å². The second-order valence-electron chi connectivity index (χ2n) is 4.08. The highest BCUT2D eigenvalue weighted by Crippen LogP contribution is 2.14. The molecule has 3 N–H and O–H groups in total. The Hall–Kier alpha value is -1.86. The van der Waals surface area contributed by atoms with Gasteiger partial charge in [0.1, 0.15) is 5.82 Å². The van der Waals surface area contributed by atoms with Crippen LogP contribution in [0.3, 0.4) is 0 Å². The Labute approximate surface area is 112 Å². The highest BCUT2D eigenvalue weighted by atomic mass is 32.2. The Bertz CT molecular complexity index is 647. The molecule has 0 aliphatic rings. The molecule has 0 bridgehead atoms. The largest absolute Gasteiger partial charge is 0.382 e. The van der Waals surface area contributed by atoms with E-state index in [1.165, 1.54) is 0 Å². The minimum Gasteiger partial charge on any atom is -0.382 e. The van der Waals surface area contributed by atoms with Crippen LogP contribution in [0.5, 0.6) is 0 Å². The van der Waals surface area contributed by atoms with Crippen molar-refractivity contribution < 1.29 is 8.42 Å². The van der Waals surface area contributed by atoms with Gasteiger partial charge in [-0.25, -0.2) is 17.8 Å². The molecule has 0 aliphatic heterocycles. The van der Waals surface area contributed by atoms with Gasteiger partial charge in [0.25, 0.3) is 0 Å². The molecule has 0 aliphatic carbocycles. The zero-order valence-electron chi connectivity index (χ0n) is 10.6. The fraction of sp³-hybridized carbons (Fsp3) is 0.250. The summed E-state index contributed by atoms with van der Waals surface area (Å²) >= 11 is 0. The van der Waals surface area contributed by atoms with Crippen LogP contribution in [0.1, 0.15) is 13.3 Å². The number of anilines is 1. The fourth-order valence-electron chi connectivity index (χ4n) is 1.58. The minimum absolute atomic E-state index is 0.241. The number of sulfonamides is 1. The molecule has 2 aromatic rings. The molecule has 102 valence electrons. The van der Waals surface area contributed by atoms with Gasteiger partial charge in [-0.3, -0.25) is 0 Å². The number of nitrogens with zero attached hydrogens (tertiary/aromatic N) is 2. The molecule has 0 amide bonds. The van der Waals surface area contributed by atoms with E-state index in [1.54, 1.807) is 41.2 Å².